The highest BCUT2D eigenvalue weighted by molar-refractivity contribution is 9.10. The van der Waals surface area contributed by atoms with E-state index in [2.05, 4.69) is 20.7 Å². The van der Waals surface area contributed by atoms with Crippen molar-refractivity contribution >= 4 is 48.9 Å². The summed E-state index contributed by atoms with van der Waals surface area (Å²) >= 11 is 4.91. The van der Waals surface area contributed by atoms with Crippen molar-refractivity contribution in [1.29, 1.82) is 0 Å². The standard InChI is InChI=1S/C17H17BrN2O3S2/c18-13-8-12-5-6-20(17(21)11-3-4-11)16(12)15(9-13)25(22,23)19-10-14-2-1-7-24-14/h1-2,7-9,11,19H,3-6,10H2. The third-order valence-electron chi connectivity index (χ3n) is 4.49. The van der Waals surface area contributed by atoms with Gasteiger partial charge in [0.25, 0.3) is 0 Å². The number of fused-ring (bicyclic) bond motifs is 1. The van der Waals surface area contributed by atoms with Crippen molar-refractivity contribution in [3.8, 4) is 0 Å². The number of anilines is 1. The van der Waals surface area contributed by atoms with Gasteiger partial charge in [0.1, 0.15) is 4.90 Å². The fraction of sp³-hybridized carbons (Fsp3) is 0.353. The van der Waals surface area contributed by atoms with Gasteiger partial charge < -0.3 is 4.90 Å². The first kappa shape index (κ1) is 17.2. The van der Waals surface area contributed by atoms with Crippen LogP contribution in [0.4, 0.5) is 5.69 Å². The van der Waals surface area contributed by atoms with Crippen molar-refractivity contribution in [3.05, 3.63) is 44.6 Å². The first-order valence-electron chi connectivity index (χ1n) is 8.11. The number of hydrogen-bond donors (Lipinski definition) is 1. The number of thiophene rings is 1. The Balaban J connectivity index is 1.70. The molecule has 1 N–H and O–H groups in total. The third kappa shape index (κ3) is 3.40. The molecule has 132 valence electrons. The summed E-state index contributed by atoms with van der Waals surface area (Å²) in [4.78, 5) is 15.4. The molecule has 1 saturated carbocycles. The zero-order valence-corrected chi connectivity index (χ0v) is 16.6. The molecular weight excluding hydrogens is 424 g/mol. The molecule has 2 aromatic rings. The highest BCUT2D eigenvalue weighted by atomic mass is 79.9. The SMILES string of the molecule is O=C(C1CC1)N1CCc2cc(Br)cc(S(=O)(=O)NCc3cccs3)c21. The zero-order valence-electron chi connectivity index (χ0n) is 13.4. The molecule has 2 heterocycles. The summed E-state index contributed by atoms with van der Waals surface area (Å²) in [6, 6.07) is 7.28. The van der Waals surface area contributed by atoms with E-state index in [9.17, 15) is 13.2 Å². The van der Waals surface area contributed by atoms with Gasteiger partial charge in [-0.2, -0.15) is 0 Å². The van der Waals surface area contributed by atoms with Gasteiger partial charge in [-0.05, 0) is 48.4 Å². The van der Waals surface area contributed by atoms with Gasteiger partial charge in [-0.3, -0.25) is 4.79 Å². The first-order valence-corrected chi connectivity index (χ1v) is 11.3. The van der Waals surface area contributed by atoms with Gasteiger partial charge in [0.05, 0.1) is 5.69 Å². The lowest BCUT2D eigenvalue weighted by Crippen LogP contribution is -2.32. The number of rotatable bonds is 5. The summed E-state index contributed by atoms with van der Waals surface area (Å²) < 4.78 is 29.2. The number of sulfonamides is 1. The number of carbonyl (C=O) groups excluding carboxylic acids is 1. The number of nitrogens with one attached hydrogen (secondary N) is 1. The van der Waals surface area contributed by atoms with E-state index in [4.69, 9.17) is 0 Å². The lowest BCUT2D eigenvalue weighted by atomic mass is 10.2. The van der Waals surface area contributed by atoms with Crippen molar-refractivity contribution in [2.24, 2.45) is 5.92 Å². The number of halogens is 1. The monoisotopic (exact) mass is 440 g/mol. The van der Waals surface area contributed by atoms with Gasteiger partial charge in [0.15, 0.2) is 0 Å². The summed E-state index contributed by atoms with van der Waals surface area (Å²) in [6.45, 7) is 0.798. The molecule has 1 amide bonds. The summed E-state index contributed by atoms with van der Waals surface area (Å²) in [5.74, 6) is 0.111. The molecule has 1 fully saturated rings. The van der Waals surface area contributed by atoms with Crippen LogP contribution in [0.25, 0.3) is 0 Å². The van der Waals surface area contributed by atoms with Gasteiger partial charge >= 0.3 is 0 Å². The van der Waals surface area contributed by atoms with Crippen LogP contribution in [0.2, 0.25) is 0 Å². The Kier molecular flexibility index (Phi) is 4.47. The third-order valence-corrected chi connectivity index (χ3v) is 7.24. The Hall–Kier alpha value is -1.22. The van der Waals surface area contributed by atoms with Gasteiger partial charge in [-0.1, -0.05) is 22.0 Å². The smallest absolute Gasteiger partial charge is 0.243 e. The molecule has 0 unspecified atom stereocenters. The quantitative estimate of drug-likeness (QED) is 0.775. The van der Waals surface area contributed by atoms with Gasteiger partial charge in [-0.25, -0.2) is 13.1 Å². The maximum absolute atomic E-state index is 12.9. The fourth-order valence-electron chi connectivity index (χ4n) is 3.10. The van der Waals surface area contributed by atoms with E-state index >= 15 is 0 Å². The lowest BCUT2D eigenvalue weighted by molar-refractivity contribution is -0.119. The number of carbonyl (C=O) groups is 1. The molecule has 8 heteroatoms. The molecule has 1 aliphatic carbocycles. The normalized spacial score (nSPS) is 16.9. The van der Waals surface area contributed by atoms with E-state index in [0.717, 1.165) is 23.3 Å². The Morgan fingerprint density at radius 3 is 2.84 bits per heavy atom. The molecule has 4 rings (SSSR count). The first-order chi connectivity index (χ1) is 12.0. The van der Waals surface area contributed by atoms with Gasteiger partial charge in [0, 0.05) is 28.4 Å². The maximum Gasteiger partial charge on any atom is 0.243 e. The minimum absolute atomic E-state index is 0.0516. The molecule has 0 spiro atoms. The van der Waals surface area contributed by atoms with Crippen LogP contribution in [0.3, 0.4) is 0 Å². The molecule has 0 atom stereocenters. The second kappa shape index (κ2) is 6.50. The fourth-order valence-corrected chi connectivity index (χ4v) is 5.77. The predicted octanol–water partition coefficient (Wildman–Crippen LogP) is 3.29. The number of benzene rings is 1. The van der Waals surface area contributed by atoms with Crippen LogP contribution in [0.15, 0.2) is 39.0 Å². The number of hydrogen-bond acceptors (Lipinski definition) is 4. The highest BCUT2D eigenvalue weighted by Gasteiger charge is 2.39. The molecule has 25 heavy (non-hydrogen) atoms. The minimum atomic E-state index is -3.72. The van der Waals surface area contributed by atoms with Crippen LogP contribution in [0.1, 0.15) is 23.3 Å². The van der Waals surface area contributed by atoms with Crippen LogP contribution in [-0.4, -0.2) is 20.9 Å². The maximum atomic E-state index is 12.9. The Morgan fingerprint density at radius 1 is 1.36 bits per heavy atom. The summed E-state index contributed by atoms with van der Waals surface area (Å²) in [7, 11) is -3.72. The summed E-state index contributed by atoms with van der Waals surface area (Å²) in [6.07, 6.45) is 2.49. The highest BCUT2D eigenvalue weighted by Crippen LogP contribution is 2.41. The zero-order chi connectivity index (χ0) is 17.6. The van der Waals surface area contributed by atoms with E-state index in [0.29, 0.717) is 23.1 Å². The number of nitrogens with zero attached hydrogens (tertiary/aromatic N) is 1. The van der Waals surface area contributed by atoms with E-state index in [1.54, 1.807) is 11.0 Å². The van der Waals surface area contributed by atoms with Crippen LogP contribution < -0.4 is 9.62 Å². The van der Waals surface area contributed by atoms with Gasteiger partial charge in [-0.15, -0.1) is 11.3 Å². The summed E-state index contributed by atoms with van der Waals surface area (Å²) in [5, 5.41) is 1.91. The van der Waals surface area contributed by atoms with E-state index < -0.39 is 10.0 Å². The average Bonchev–Trinajstić information content (AvgIpc) is 3.13. The van der Waals surface area contributed by atoms with Crippen molar-refractivity contribution in [1.82, 2.24) is 4.72 Å². The Bertz CT molecular complexity index is 922. The number of amides is 1. The predicted molar refractivity (Wildman–Crippen MR) is 101 cm³/mol. The molecule has 0 bridgehead atoms. The Morgan fingerprint density at radius 2 is 2.16 bits per heavy atom. The lowest BCUT2D eigenvalue weighted by Gasteiger charge is -2.21. The van der Waals surface area contributed by atoms with Crippen LogP contribution in [0, 0.1) is 5.92 Å². The molecule has 0 saturated heterocycles. The molecular formula is C17H17BrN2O3S2. The van der Waals surface area contributed by atoms with Crippen molar-refractivity contribution < 1.29 is 13.2 Å². The van der Waals surface area contributed by atoms with Crippen LogP contribution >= 0.6 is 27.3 Å². The second-order valence-electron chi connectivity index (χ2n) is 6.33. The topological polar surface area (TPSA) is 66.5 Å². The van der Waals surface area contributed by atoms with E-state index in [1.165, 1.54) is 11.3 Å². The van der Waals surface area contributed by atoms with Crippen molar-refractivity contribution in [2.75, 3.05) is 11.4 Å². The van der Waals surface area contributed by atoms with Crippen LogP contribution in [0.5, 0.6) is 0 Å². The molecule has 1 aromatic carbocycles. The largest absolute Gasteiger partial charge is 0.310 e. The molecule has 0 radical (unpaired) electrons. The molecule has 5 nitrogen and oxygen atoms in total. The summed E-state index contributed by atoms with van der Waals surface area (Å²) in [5.41, 5.74) is 1.46. The van der Waals surface area contributed by atoms with Crippen LogP contribution in [-0.2, 0) is 27.8 Å². The molecule has 1 aliphatic heterocycles. The average molecular weight is 441 g/mol. The minimum Gasteiger partial charge on any atom is -0.310 e. The van der Waals surface area contributed by atoms with Gasteiger partial charge in [0.2, 0.25) is 15.9 Å². The molecule has 1 aromatic heterocycles. The van der Waals surface area contributed by atoms with Crippen molar-refractivity contribution in [3.63, 3.8) is 0 Å². The second-order valence-corrected chi connectivity index (χ2v) is 10.0. The molecule has 2 aliphatic rings. The van der Waals surface area contributed by atoms with Crippen molar-refractivity contribution in [2.45, 2.75) is 30.7 Å². The Labute approximate surface area is 159 Å². The van der Waals surface area contributed by atoms with E-state index in [-0.39, 0.29) is 23.3 Å². The van der Waals surface area contributed by atoms with E-state index in [1.807, 2.05) is 23.6 Å².